The van der Waals surface area contributed by atoms with Crippen molar-refractivity contribution >= 4 is 23.2 Å². The normalized spacial score (nSPS) is 10.4. The standard InChI is InChI=1S/C26H30N2O3.C13H13NO.CH4/c1-26(2,3)31-25(29)27-17-16-19-10-12-21(13-11-19)28-22-14-15-24(30-4)23(18-22)20-8-6-5-7-9-20;1-15-13-8-7-11(14)9-12(13)10-5-3-2-4-6-10;/h5-15,18,28H,16-17H2,1-4H3,(H,27,29);2-9H,14H2,1H3;1H4. The summed E-state index contributed by atoms with van der Waals surface area (Å²) in [6.07, 6.45) is 0.347. The van der Waals surface area contributed by atoms with Gasteiger partial charge in [0.2, 0.25) is 0 Å². The molecule has 0 aliphatic heterocycles. The minimum absolute atomic E-state index is 0. The number of nitrogens with one attached hydrogen (secondary N) is 2. The lowest BCUT2D eigenvalue weighted by molar-refractivity contribution is 0.0528. The van der Waals surface area contributed by atoms with Gasteiger partial charge in [-0.25, -0.2) is 4.79 Å². The van der Waals surface area contributed by atoms with Gasteiger partial charge >= 0.3 is 6.09 Å². The highest BCUT2D eigenvalue weighted by Crippen LogP contribution is 2.34. The summed E-state index contributed by atoms with van der Waals surface area (Å²) < 4.78 is 16.1. The first-order valence-electron chi connectivity index (χ1n) is 15.2. The van der Waals surface area contributed by atoms with E-state index in [1.807, 2.05) is 112 Å². The van der Waals surface area contributed by atoms with E-state index in [9.17, 15) is 4.79 Å². The van der Waals surface area contributed by atoms with Crippen LogP contribution in [-0.2, 0) is 11.2 Å². The Labute approximate surface area is 279 Å². The van der Waals surface area contributed by atoms with Gasteiger partial charge in [-0.05, 0) is 92.4 Å². The molecule has 0 spiro atoms. The highest BCUT2D eigenvalue weighted by molar-refractivity contribution is 5.76. The summed E-state index contributed by atoms with van der Waals surface area (Å²) in [6.45, 7) is 6.08. The van der Waals surface area contributed by atoms with Crippen LogP contribution in [0.15, 0.2) is 121 Å². The molecule has 0 bridgehead atoms. The molecule has 5 aromatic rings. The molecule has 246 valence electrons. The van der Waals surface area contributed by atoms with Crippen LogP contribution in [0, 0.1) is 0 Å². The lowest BCUT2D eigenvalue weighted by Crippen LogP contribution is -2.33. The van der Waals surface area contributed by atoms with E-state index < -0.39 is 5.60 Å². The van der Waals surface area contributed by atoms with E-state index in [2.05, 4.69) is 41.0 Å². The Morgan fingerprint density at radius 3 is 1.72 bits per heavy atom. The van der Waals surface area contributed by atoms with E-state index in [0.29, 0.717) is 6.54 Å². The van der Waals surface area contributed by atoms with Gasteiger partial charge in [-0.2, -0.15) is 0 Å². The van der Waals surface area contributed by atoms with Gasteiger partial charge in [0.25, 0.3) is 0 Å². The van der Waals surface area contributed by atoms with E-state index in [-0.39, 0.29) is 13.5 Å². The third kappa shape index (κ3) is 11.2. The number of methoxy groups -OCH3 is 2. The average Bonchev–Trinajstić information content (AvgIpc) is 3.06. The van der Waals surface area contributed by atoms with Gasteiger partial charge in [-0.15, -0.1) is 0 Å². The highest BCUT2D eigenvalue weighted by Gasteiger charge is 2.15. The number of amides is 1. The van der Waals surface area contributed by atoms with Crippen molar-refractivity contribution in [2.75, 3.05) is 31.8 Å². The van der Waals surface area contributed by atoms with Gasteiger partial charge in [0.05, 0.1) is 14.2 Å². The van der Waals surface area contributed by atoms with Crippen LogP contribution in [-0.4, -0.2) is 32.5 Å². The van der Waals surface area contributed by atoms with Gasteiger partial charge < -0.3 is 30.6 Å². The fourth-order valence-corrected chi connectivity index (χ4v) is 4.74. The van der Waals surface area contributed by atoms with Crippen LogP contribution >= 0.6 is 0 Å². The Bertz CT molecular complexity index is 1680. The van der Waals surface area contributed by atoms with Crippen molar-refractivity contribution in [2.24, 2.45) is 0 Å². The molecule has 0 atom stereocenters. The number of hydrogen-bond donors (Lipinski definition) is 3. The molecule has 7 nitrogen and oxygen atoms in total. The number of anilines is 3. The average molecular weight is 634 g/mol. The zero-order valence-electron chi connectivity index (χ0n) is 27.2. The number of rotatable bonds is 9. The second-order valence-corrected chi connectivity index (χ2v) is 11.6. The number of carbonyl (C=O) groups is 1. The lowest BCUT2D eigenvalue weighted by Gasteiger charge is -2.19. The van der Waals surface area contributed by atoms with Crippen LogP contribution in [0.3, 0.4) is 0 Å². The van der Waals surface area contributed by atoms with Crippen molar-refractivity contribution in [3.05, 3.63) is 127 Å². The predicted octanol–water partition coefficient (Wildman–Crippen LogP) is 9.75. The van der Waals surface area contributed by atoms with E-state index in [4.69, 9.17) is 19.9 Å². The Morgan fingerprint density at radius 1 is 0.681 bits per heavy atom. The van der Waals surface area contributed by atoms with Crippen LogP contribution in [0.25, 0.3) is 22.3 Å². The molecular weight excluding hydrogens is 586 g/mol. The third-order valence-corrected chi connectivity index (χ3v) is 6.92. The quantitative estimate of drug-likeness (QED) is 0.140. The summed E-state index contributed by atoms with van der Waals surface area (Å²) in [5.41, 5.74) is 13.4. The molecular formula is C40H47N3O4. The number of nitrogen functional groups attached to an aromatic ring is 1. The summed E-state index contributed by atoms with van der Waals surface area (Å²) in [4.78, 5) is 11.7. The fraction of sp³-hybridized carbons (Fsp3) is 0.225. The first-order valence-corrected chi connectivity index (χ1v) is 15.2. The summed E-state index contributed by atoms with van der Waals surface area (Å²) in [7, 11) is 3.35. The van der Waals surface area contributed by atoms with Crippen LogP contribution < -0.4 is 25.8 Å². The largest absolute Gasteiger partial charge is 0.496 e. The van der Waals surface area contributed by atoms with Crippen LogP contribution in [0.5, 0.6) is 11.5 Å². The van der Waals surface area contributed by atoms with Crippen molar-refractivity contribution in [3.63, 3.8) is 0 Å². The summed E-state index contributed by atoms with van der Waals surface area (Å²) in [6, 6.07) is 40.1. The molecule has 4 N–H and O–H groups in total. The van der Waals surface area contributed by atoms with Gasteiger partial charge in [0.15, 0.2) is 0 Å². The second kappa shape index (κ2) is 17.3. The van der Waals surface area contributed by atoms with Gasteiger partial charge in [-0.1, -0.05) is 80.2 Å². The molecule has 0 saturated heterocycles. The Morgan fingerprint density at radius 2 is 1.19 bits per heavy atom. The zero-order chi connectivity index (χ0) is 32.9. The molecule has 0 saturated carbocycles. The predicted molar refractivity (Wildman–Crippen MR) is 196 cm³/mol. The topological polar surface area (TPSA) is 94.8 Å². The smallest absolute Gasteiger partial charge is 0.407 e. The maximum absolute atomic E-state index is 11.7. The molecule has 7 heteroatoms. The van der Waals surface area contributed by atoms with E-state index in [1.165, 1.54) is 0 Å². The van der Waals surface area contributed by atoms with Crippen molar-refractivity contribution < 1.29 is 19.0 Å². The highest BCUT2D eigenvalue weighted by atomic mass is 16.6. The number of carbonyl (C=O) groups excluding carboxylic acids is 1. The maximum Gasteiger partial charge on any atom is 0.407 e. The summed E-state index contributed by atoms with van der Waals surface area (Å²) in [5.74, 6) is 1.68. The van der Waals surface area contributed by atoms with E-state index in [0.717, 1.165) is 62.8 Å². The lowest BCUT2D eigenvalue weighted by atomic mass is 10.0. The number of ether oxygens (including phenoxy) is 3. The molecule has 5 rings (SSSR count). The number of nitrogens with two attached hydrogens (primary N) is 1. The van der Waals surface area contributed by atoms with E-state index >= 15 is 0 Å². The van der Waals surface area contributed by atoms with Crippen molar-refractivity contribution in [1.82, 2.24) is 5.32 Å². The molecule has 47 heavy (non-hydrogen) atoms. The molecule has 0 radical (unpaired) electrons. The second-order valence-electron chi connectivity index (χ2n) is 11.6. The van der Waals surface area contributed by atoms with Crippen molar-refractivity contribution in [2.45, 2.75) is 40.2 Å². The van der Waals surface area contributed by atoms with E-state index in [1.54, 1.807) is 14.2 Å². The molecule has 5 aromatic carbocycles. The van der Waals surface area contributed by atoms with Gasteiger partial charge in [0, 0.05) is 34.7 Å². The number of benzene rings is 5. The maximum atomic E-state index is 11.7. The minimum atomic E-state index is -0.487. The van der Waals surface area contributed by atoms with Crippen molar-refractivity contribution in [3.8, 4) is 33.8 Å². The Hall–Kier alpha value is -5.43. The monoisotopic (exact) mass is 633 g/mol. The van der Waals surface area contributed by atoms with Gasteiger partial charge in [-0.3, -0.25) is 0 Å². The Balaban J connectivity index is 0.000000314. The van der Waals surface area contributed by atoms with Crippen LogP contribution in [0.1, 0.15) is 33.8 Å². The first-order chi connectivity index (χ1) is 22.1. The molecule has 0 aliphatic rings. The zero-order valence-corrected chi connectivity index (χ0v) is 27.2. The molecule has 0 fully saturated rings. The molecule has 0 aromatic heterocycles. The van der Waals surface area contributed by atoms with Crippen molar-refractivity contribution in [1.29, 1.82) is 0 Å². The third-order valence-electron chi connectivity index (χ3n) is 6.92. The Kier molecular flexibility index (Phi) is 13.3. The van der Waals surface area contributed by atoms with Crippen LogP contribution in [0.2, 0.25) is 0 Å². The van der Waals surface area contributed by atoms with Gasteiger partial charge in [0.1, 0.15) is 17.1 Å². The molecule has 0 heterocycles. The SMILES string of the molecule is C.COc1ccc(N)cc1-c1ccccc1.COc1ccc(Nc2ccc(CCNC(=O)OC(C)(C)C)cc2)cc1-c1ccccc1. The first kappa shape index (κ1) is 36.0. The number of hydrogen-bond acceptors (Lipinski definition) is 6. The summed E-state index contributed by atoms with van der Waals surface area (Å²) >= 11 is 0. The molecule has 0 unspecified atom stereocenters. The summed E-state index contributed by atoms with van der Waals surface area (Å²) in [5, 5.41) is 6.23. The minimum Gasteiger partial charge on any atom is -0.496 e. The number of alkyl carbamates (subject to hydrolysis) is 1. The van der Waals surface area contributed by atoms with Crippen LogP contribution in [0.4, 0.5) is 21.9 Å². The fourth-order valence-electron chi connectivity index (χ4n) is 4.74. The molecule has 1 amide bonds. The molecule has 0 aliphatic carbocycles.